The molecule has 0 spiro atoms. The molecule has 0 aliphatic carbocycles. The van der Waals surface area contributed by atoms with Crippen LogP contribution in [0.1, 0.15) is 46.6 Å². The van der Waals surface area contributed by atoms with Gasteiger partial charge in [-0.05, 0) is 39.0 Å². The molecule has 1 aromatic heterocycles. The van der Waals surface area contributed by atoms with Crippen molar-refractivity contribution in [2.75, 3.05) is 18.0 Å². The van der Waals surface area contributed by atoms with Crippen LogP contribution in [-0.4, -0.2) is 23.6 Å². The number of nitrogens with zero attached hydrogens (tertiary/aromatic N) is 2. The van der Waals surface area contributed by atoms with Crippen molar-refractivity contribution < 1.29 is 9.53 Å². The minimum absolute atomic E-state index is 0.0290. The minimum atomic E-state index is -1.38. The fourth-order valence-electron chi connectivity index (χ4n) is 5.38. The topological polar surface area (TPSA) is 34.5 Å². The Balaban J connectivity index is 1.93. The Kier molecular flexibility index (Phi) is 6.45. The third-order valence-electron chi connectivity index (χ3n) is 7.22. The van der Waals surface area contributed by atoms with Crippen LogP contribution in [0.2, 0.25) is 20.1 Å². The number of aromatic nitrogens is 1. The Bertz CT molecular complexity index is 1520. The third-order valence-corrected chi connectivity index (χ3v) is 9.03. The summed E-state index contributed by atoms with van der Waals surface area (Å²) in [5.74, 6) is -0.601. The molecule has 0 fully saturated rings. The number of halogens is 4. The average molecular weight is 562 g/mol. The number of esters is 1. The quantitative estimate of drug-likeness (QED) is 0.139. The molecule has 0 bridgehead atoms. The highest BCUT2D eigenvalue weighted by molar-refractivity contribution is 6.53. The van der Waals surface area contributed by atoms with Crippen molar-refractivity contribution in [3.8, 4) is 0 Å². The van der Waals surface area contributed by atoms with Gasteiger partial charge in [-0.1, -0.05) is 76.7 Å². The van der Waals surface area contributed by atoms with Gasteiger partial charge in [0.1, 0.15) is 0 Å². The van der Waals surface area contributed by atoms with Crippen LogP contribution in [0.25, 0.3) is 10.9 Å². The summed E-state index contributed by atoms with van der Waals surface area (Å²) in [4.78, 5) is 15.7. The number of rotatable bonds is 5. The van der Waals surface area contributed by atoms with Crippen LogP contribution in [0, 0.1) is 6.92 Å². The minimum Gasteiger partial charge on any atom is -0.440 e. The van der Waals surface area contributed by atoms with Crippen molar-refractivity contribution in [3.05, 3.63) is 96.6 Å². The lowest BCUT2D eigenvalue weighted by molar-refractivity contribution is 0.0254. The van der Waals surface area contributed by atoms with E-state index in [1.165, 1.54) is 0 Å². The predicted octanol–water partition coefficient (Wildman–Crippen LogP) is 8.41. The third kappa shape index (κ3) is 3.39. The smallest absolute Gasteiger partial charge is 0.341 e. The lowest BCUT2D eigenvalue weighted by Gasteiger charge is -2.32. The number of carbonyl (C=O) groups is 1. The number of cyclic esters (lactones) is 1. The standard InChI is InChI=1S/C28H24Cl4N2O2/c1-5-34(6-2)17-13-11-16(12-14-17)28(21-15(3)33(4)19-10-8-7-9-18(19)21)22-20(27(35)36-28)23(29)25(31)26(32)24(22)30/h7-14H,5-6H2,1-4H3. The Hall–Kier alpha value is -2.37. The van der Waals surface area contributed by atoms with Gasteiger partial charge in [0.15, 0.2) is 5.60 Å². The molecular formula is C28H24Cl4N2O2. The normalized spacial score (nSPS) is 16.9. The highest BCUT2D eigenvalue weighted by atomic mass is 35.5. The number of benzene rings is 3. The van der Waals surface area contributed by atoms with E-state index in [-0.39, 0.29) is 25.7 Å². The molecular weight excluding hydrogens is 538 g/mol. The lowest BCUT2D eigenvalue weighted by Crippen LogP contribution is -2.31. The van der Waals surface area contributed by atoms with E-state index < -0.39 is 11.6 Å². The summed E-state index contributed by atoms with van der Waals surface area (Å²) in [6.07, 6.45) is 0. The molecule has 0 N–H and O–H groups in total. The molecule has 8 heteroatoms. The summed E-state index contributed by atoms with van der Waals surface area (Å²) in [5.41, 5.74) is 3.68. The monoisotopic (exact) mass is 560 g/mol. The molecule has 5 rings (SSSR count). The Labute approximate surface area is 230 Å². The van der Waals surface area contributed by atoms with Gasteiger partial charge in [0, 0.05) is 59.1 Å². The maximum Gasteiger partial charge on any atom is 0.341 e. The first kappa shape index (κ1) is 25.3. The van der Waals surface area contributed by atoms with Crippen LogP contribution < -0.4 is 4.90 Å². The average Bonchev–Trinajstić information content (AvgIpc) is 3.33. The molecule has 0 saturated carbocycles. The number of aryl methyl sites for hydroxylation is 1. The molecule has 2 heterocycles. The first-order valence-corrected chi connectivity index (χ1v) is 13.2. The van der Waals surface area contributed by atoms with Crippen LogP contribution in [-0.2, 0) is 17.4 Å². The zero-order chi connectivity index (χ0) is 25.9. The molecule has 4 nitrogen and oxygen atoms in total. The maximum absolute atomic E-state index is 13.5. The van der Waals surface area contributed by atoms with E-state index in [9.17, 15) is 4.79 Å². The zero-order valence-corrected chi connectivity index (χ0v) is 23.3. The summed E-state index contributed by atoms with van der Waals surface area (Å²) >= 11 is 26.4. The fraction of sp³-hybridized carbons (Fsp3) is 0.250. The van der Waals surface area contributed by atoms with Crippen molar-refractivity contribution in [1.29, 1.82) is 0 Å². The second-order valence-electron chi connectivity index (χ2n) is 8.83. The van der Waals surface area contributed by atoms with E-state index in [1.54, 1.807) is 0 Å². The maximum atomic E-state index is 13.5. The van der Waals surface area contributed by atoms with Gasteiger partial charge in [-0.15, -0.1) is 0 Å². The Morgan fingerprint density at radius 2 is 1.47 bits per heavy atom. The molecule has 0 amide bonds. The summed E-state index contributed by atoms with van der Waals surface area (Å²) in [7, 11) is 1.99. The van der Waals surface area contributed by atoms with Crippen molar-refractivity contribution in [3.63, 3.8) is 0 Å². The van der Waals surface area contributed by atoms with Gasteiger partial charge in [0.05, 0.1) is 25.7 Å². The molecule has 0 radical (unpaired) electrons. The molecule has 1 aliphatic rings. The number of ether oxygens (including phenoxy) is 1. The number of anilines is 1. The van der Waals surface area contributed by atoms with E-state index in [2.05, 4.69) is 23.3 Å². The Morgan fingerprint density at radius 1 is 0.861 bits per heavy atom. The van der Waals surface area contributed by atoms with Crippen molar-refractivity contribution in [1.82, 2.24) is 4.57 Å². The van der Waals surface area contributed by atoms with Crippen molar-refractivity contribution in [2.45, 2.75) is 26.4 Å². The second kappa shape index (κ2) is 9.18. The van der Waals surface area contributed by atoms with E-state index in [0.29, 0.717) is 5.56 Å². The summed E-state index contributed by atoms with van der Waals surface area (Å²) < 4.78 is 8.45. The molecule has 186 valence electrons. The van der Waals surface area contributed by atoms with E-state index >= 15 is 0 Å². The van der Waals surface area contributed by atoms with Gasteiger partial charge < -0.3 is 14.2 Å². The Morgan fingerprint density at radius 3 is 2.11 bits per heavy atom. The SMILES string of the molecule is CCN(CC)c1ccc(C2(c3c(C)n(C)c4ccccc34)OC(=O)c3c(Cl)c(Cl)c(Cl)c(Cl)c32)cc1. The molecule has 1 atom stereocenters. The van der Waals surface area contributed by atoms with Crippen molar-refractivity contribution >= 4 is 69.0 Å². The summed E-state index contributed by atoms with van der Waals surface area (Å²) in [5, 5.41) is 1.23. The van der Waals surface area contributed by atoms with Crippen LogP contribution >= 0.6 is 46.4 Å². The molecule has 4 aromatic rings. The van der Waals surface area contributed by atoms with Crippen LogP contribution in [0.15, 0.2) is 48.5 Å². The van der Waals surface area contributed by atoms with Gasteiger partial charge in [0.25, 0.3) is 0 Å². The number of fused-ring (bicyclic) bond motifs is 2. The highest BCUT2D eigenvalue weighted by Gasteiger charge is 2.54. The number of carbonyl (C=O) groups excluding carboxylic acids is 1. The van der Waals surface area contributed by atoms with Gasteiger partial charge in [0.2, 0.25) is 0 Å². The molecule has 3 aromatic carbocycles. The van der Waals surface area contributed by atoms with E-state index in [4.69, 9.17) is 51.1 Å². The lowest BCUT2D eigenvalue weighted by atomic mass is 9.78. The van der Waals surface area contributed by atoms with E-state index in [0.717, 1.165) is 46.5 Å². The fourth-order valence-corrected chi connectivity index (χ4v) is 6.44. The number of hydrogen-bond acceptors (Lipinski definition) is 3. The largest absolute Gasteiger partial charge is 0.440 e. The summed E-state index contributed by atoms with van der Waals surface area (Å²) in [6, 6.07) is 16.0. The van der Waals surface area contributed by atoms with Crippen LogP contribution in [0.4, 0.5) is 5.69 Å². The highest BCUT2D eigenvalue weighted by Crippen LogP contribution is 2.57. The first-order chi connectivity index (χ1) is 17.2. The number of hydrogen-bond donors (Lipinski definition) is 0. The second-order valence-corrected chi connectivity index (χ2v) is 10.3. The molecule has 36 heavy (non-hydrogen) atoms. The van der Waals surface area contributed by atoms with E-state index in [1.807, 2.05) is 62.5 Å². The van der Waals surface area contributed by atoms with Gasteiger partial charge in [-0.3, -0.25) is 0 Å². The van der Waals surface area contributed by atoms with Gasteiger partial charge in [-0.25, -0.2) is 4.79 Å². The van der Waals surface area contributed by atoms with Crippen LogP contribution in [0.3, 0.4) is 0 Å². The van der Waals surface area contributed by atoms with Crippen LogP contribution in [0.5, 0.6) is 0 Å². The number of para-hydroxylation sites is 1. The summed E-state index contributed by atoms with van der Waals surface area (Å²) in [6.45, 7) is 7.97. The van der Waals surface area contributed by atoms with Gasteiger partial charge in [-0.2, -0.15) is 0 Å². The molecule has 1 unspecified atom stereocenters. The van der Waals surface area contributed by atoms with Crippen molar-refractivity contribution in [2.24, 2.45) is 7.05 Å². The molecule has 1 aliphatic heterocycles. The predicted molar refractivity (Wildman–Crippen MR) is 149 cm³/mol. The molecule has 0 saturated heterocycles. The first-order valence-electron chi connectivity index (χ1n) is 11.7. The van der Waals surface area contributed by atoms with Gasteiger partial charge >= 0.3 is 5.97 Å². The zero-order valence-electron chi connectivity index (χ0n) is 20.3.